The van der Waals surface area contributed by atoms with E-state index in [9.17, 15) is 8.78 Å². The van der Waals surface area contributed by atoms with Gasteiger partial charge in [-0.05, 0) is 42.7 Å². The fourth-order valence-corrected chi connectivity index (χ4v) is 2.16. The number of rotatable bonds is 6. The second-order valence-corrected chi connectivity index (χ2v) is 4.84. The van der Waals surface area contributed by atoms with Crippen LogP contribution >= 0.6 is 11.8 Å². The van der Waals surface area contributed by atoms with Crippen molar-refractivity contribution in [1.82, 2.24) is 5.32 Å². The molecule has 90 valence electrons. The van der Waals surface area contributed by atoms with Crippen molar-refractivity contribution in [2.75, 3.05) is 18.6 Å². The van der Waals surface area contributed by atoms with E-state index in [1.807, 2.05) is 0 Å². The van der Waals surface area contributed by atoms with Crippen molar-refractivity contribution < 1.29 is 8.78 Å². The molecule has 0 aliphatic heterocycles. The van der Waals surface area contributed by atoms with E-state index in [2.05, 4.69) is 18.5 Å². The average Bonchev–Trinajstić information content (AvgIpc) is 2.23. The first-order valence-electron chi connectivity index (χ1n) is 5.27. The van der Waals surface area contributed by atoms with Gasteiger partial charge in [0.25, 0.3) is 0 Å². The lowest BCUT2D eigenvalue weighted by molar-refractivity contribution is 0.533. The third-order valence-corrected chi connectivity index (χ3v) is 3.17. The van der Waals surface area contributed by atoms with Gasteiger partial charge in [-0.3, -0.25) is 0 Å². The molecule has 16 heavy (non-hydrogen) atoms. The zero-order valence-corrected chi connectivity index (χ0v) is 10.4. The van der Waals surface area contributed by atoms with E-state index >= 15 is 0 Å². The van der Waals surface area contributed by atoms with Crippen molar-refractivity contribution in [2.45, 2.75) is 13.5 Å². The quantitative estimate of drug-likeness (QED) is 0.826. The third kappa shape index (κ3) is 4.49. The molecule has 1 unspecified atom stereocenters. The SMILES string of the molecule is CSCC(C)CNCc1cc(F)ccc1F. The highest BCUT2D eigenvalue weighted by atomic mass is 32.2. The van der Waals surface area contributed by atoms with Crippen molar-refractivity contribution in [1.29, 1.82) is 0 Å². The van der Waals surface area contributed by atoms with Crippen LogP contribution in [0.3, 0.4) is 0 Å². The molecule has 1 aromatic rings. The standard InChI is InChI=1S/C12H17F2NS/c1-9(8-16-2)6-15-7-10-5-11(13)3-4-12(10)14/h3-5,9,15H,6-8H2,1-2H3. The Labute approximate surface area is 99.6 Å². The maximum atomic E-state index is 13.2. The van der Waals surface area contributed by atoms with Gasteiger partial charge in [-0.2, -0.15) is 11.8 Å². The fraction of sp³-hybridized carbons (Fsp3) is 0.500. The minimum Gasteiger partial charge on any atom is -0.312 e. The summed E-state index contributed by atoms with van der Waals surface area (Å²) < 4.78 is 26.1. The Morgan fingerprint density at radius 1 is 1.38 bits per heavy atom. The van der Waals surface area contributed by atoms with Crippen LogP contribution in [0, 0.1) is 17.6 Å². The van der Waals surface area contributed by atoms with E-state index in [0.29, 0.717) is 18.0 Å². The molecule has 0 aliphatic carbocycles. The number of nitrogens with one attached hydrogen (secondary N) is 1. The number of hydrogen-bond acceptors (Lipinski definition) is 2. The third-order valence-electron chi connectivity index (χ3n) is 2.27. The molecule has 0 bridgehead atoms. The van der Waals surface area contributed by atoms with E-state index in [0.717, 1.165) is 24.4 Å². The lowest BCUT2D eigenvalue weighted by Crippen LogP contribution is -2.22. The molecule has 0 aliphatic rings. The van der Waals surface area contributed by atoms with Crippen molar-refractivity contribution in [2.24, 2.45) is 5.92 Å². The summed E-state index contributed by atoms with van der Waals surface area (Å²) in [5.41, 5.74) is 0.386. The van der Waals surface area contributed by atoms with Gasteiger partial charge >= 0.3 is 0 Å². The molecular formula is C12H17F2NS. The molecule has 0 saturated heterocycles. The van der Waals surface area contributed by atoms with Gasteiger partial charge in [-0.15, -0.1) is 0 Å². The van der Waals surface area contributed by atoms with Crippen LogP contribution in [0.2, 0.25) is 0 Å². The molecular weight excluding hydrogens is 228 g/mol. The number of benzene rings is 1. The van der Waals surface area contributed by atoms with E-state index in [1.54, 1.807) is 11.8 Å². The van der Waals surface area contributed by atoms with Crippen LogP contribution in [0.15, 0.2) is 18.2 Å². The second kappa shape index (κ2) is 6.86. The van der Waals surface area contributed by atoms with E-state index in [1.165, 1.54) is 6.07 Å². The van der Waals surface area contributed by atoms with Gasteiger partial charge in [0.1, 0.15) is 11.6 Å². The van der Waals surface area contributed by atoms with Crippen LogP contribution in [0.1, 0.15) is 12.5 Å². The van der Waals surface area contributed by atoms with Crippen LogP contribution < -0.4 is 5.32 Å². The van der Waals surface area contributed by atoms with Gasteiger partial charge in [-0.1, -0.05) is 6.92 Å². The fourth-order valence-electron chi connectivity index (χ4n) is 1.48. The largest absolute Gasteiger partial charge is 0.312 e. The Morgan fingerprint density at radius 2 is 2.12 bits per heavy atom. The molecule has 1 rings (SSSR count). The van der Waals surface area contributed by atoms with Crippen LogP contribution in [-0.2, 0) is 6.54 Å². The van der Waals surface area contributed by atoms with Crippen molar-refractivity contribution in [3.8, 4) is 0 Å². The monoisotopic (exact) mass is 245 g/mol. The summed E-state index contributed by atoms with van der Waals surface area (Å²) in [6.45, 7) is 3.32. The minimum absolute atomic E-state index is 0.355. The Bertz CT molecular complexity index is 331. The highest BCUT2D eigenvalue weighted by Gasteiger charge is 2.05. The first kappa shape index (κ1) is 13.5. The Balaban J connectivity index is 2.39. The second-order valence-electron chi connectivity index (χ2n) is 3.93. The summed E-state index contributed by atoms with van der Waals surface area (Å²) in [7, 11) is 0. The first-order chi connectivity index (χ1) is 7.63. The summed E-state index contributed by atoms with van der Waals surface area (Å²) >= 11 is 1.79. The molecule has 0 saturated carbocycles. The topological polar surface area (TPSA) is 12.0 Å². The highest BCUT2D eigenvalue weighted by molar-refractivity contribution is 7.98. The smallest absolute Gasteiger partial charge is 0.127 e. The predicted octanol–water partition coefficient (Wildman–Crippen LogP) is 3.05. The molecule has 0 radical (unpaired) electrons. The molecule has 1 aromatic carbocycles. The zero-order chi connectivity index (χ0) is 12.0. The summed E-state index contributed by atoms with van der Waals surface area (Å²) in [5.74, 6) is 0.854. The Kier molecular flexibility index (Phi) is 5.77. The predicted molar refractivity (Wildman–Crippen MR) is 65.6 cm³/mol. The summed E-state index contributed by atoms with van der Waals surface area (Å²) in [4.78, 5) is 0. The van der Waals surface area contributed by atoms with Crippen molar-refractivity contribution in [3.63, 3.8) is 0 Å². The Morgan fingerprint density at radius 3 is 2.81 bits per heavy atom. The molecule has 0 amide bonds. The first-order valence-corrected chi connectivity index (χ1v) is 6.66. The number of halogens is 2. The number of hydrogen-bond donors (Lipinski definition) is 1. The number of thioether (sulfide) groups is 1. The van der Waals surface area contributed by atoms with E-state index in [4.69, 9.17) is 0 Å². The van der Waals surface area contributed by atoms with Gasteiger partial charge in [-0.25, -0.2) is 8.78 Å². The van der Waals surface area contributed by atoms with Gasteiger partial charge in [0.05, 0.1) is 0 Å². The summed E-state index contributed by atoms with van der Waals surface area (Å²) in [5, 5.41) is 3.13. The molecule has 0 fully saturated rings. The molecule has 0 spiro atoms. The van der Waals surface area contributed by atoms with Crippen LogP contribution in [0.4, 0.5) is 8.78 Å². The minimum atomic E-state index is -0.393. The zero-order valence-electron chi connectivity index (χ0n) is 9.59. The van der Waals surface area contributed by atoms with Gasteiger partial charge in [0.15, 0.2) is 0 Å². The normalized spacial score (nSPS) is 12.8. The lowest BCUT2D eigenvalue weighted by Gasteiger charge is -2.11. The van der Waals surface area contributed by atoms with Crippen molar-refractivity contribution in [3.05, 3.63) is 35.4 Å². The Hall–Kier alpha value is -0.610. The van der Waals surface area contributed by atoms with Crippen molar-refractivity contribution >= 4 is 11.8 Å². The van der Waals surface area contributed by atoms with Crippen LogP contribution in [0.5, 0.6) is 0 Å². The molecule has 0 heterocycles. The highest BCUT2D eigenvalue weighted by Crippen LogP contribution is 2.09. The maximum Gasteiger partial charge on any atom is 0.127 e. The van der Waals surface area contributed by atoms with Crippen LogP contribution in [-0.4, -0.2) is 18.6 Å². The van der Waals surface area contributed by atoms with Gasteiger partial charge in [0.2, 0.25) is 0 Å². The lowest BCUT2D eigenvalue weighted by atomic mass is 10.2. The van der Waals surface area contributed by atoms with E-state index in [-0.39, 0.29) is 5.82 Å². The summed E-state index contributed by atoms with van der Waals surface area (Å²) in [6, 6.07) is 3.54. The summed E-state index contributed by atoms with van der Waals surface area (Å²) in [6.07, 6.45) is 2.06. The molecule has 4 heteroatoms. The molecule has 1 N–H and O–H groups in total. The maximum absolute atomic E-state index is 13.2. The average molecular weight is 245 g/mol. The van der Waals surface area contributed by atoms with E-state index < -0.39 is 5.82 Å². The molecule has 1 atom stereocenters. The molecule has 0 aromatic heterocycles. The molecule has 1 nitrogen and oxygen atoms in total. The van der Waals surface area contributed by atoms with Gasteiger partial charge in [0, 0.05) is 12.1 Å². The van der Waals surface area contributed by atoms with Gasteiger partial charge < -0.3 is 5.32 Å². The van der Waals surface area contributed by atoms with Crippen LogP contribution in [0.25, 0.3) is 0 Å².